The third-order valence-corrected chi connectivity index (χ3v) is 2.77. The van der Waals surface area contributed by atoms with Crippen LogP contribution in [-0.4, -0.2) is 16.9 Å². The number of aliphatic hydroxyl groups excluding tert-OH is 1. The van der Waals surface area contributed by atoms with Gasteiger partial charge in [0.05, 0.1) is 12.2 Å². The van der Waals surface area contributed by atoms with Crippen LogP contribution in [0.25, 0.3) is 0 Å². The molecule has 72 valence electrons. The van der Waals surface area contributed by atoms with E-state index in [1.807, 2.05) is 0 Å². The van der Waals surface area contributed by atoms with Gasteiger partial charge in [0.25, 0.3) is 0 Å². The number of aliphatic hydroxyl groups is 1. The standard InChI is InChI=1S/C8H10BrNO3/c9-8-5(4-11)7(13-10-8)6-2-1-3-12-6/h6,11H,1-4H2. The molecule has 0 amide bonds. The van der Waals surface area contributed by atoms with Crippen LogP contribution in [0, 0.1) is 0 Å². The minimum Gasteiger partial charge on any atom is -0.391 e. The molecule has 2 rings (SSSR count). The fourth-order valence-corrected chi connectivity index (χ4v) is 1.87. The maximum atomic E-state index is 9.06. The zero-order valence-electron chi connectivity index (χ0n) is 6.99. The van der Waals surface area contributed by atoms with Crippen LogP contribution in [0.3, 0.4) is 0 Å². The molecule has 1 unspecified atom stereocenters. The van der Waals surface area contributed by atoms with Gasteiger partial charge in [-0.25, -0.2) is 0 Å². The van der Waals surface area contributed by atoms with E-state index in [4.69, 9.17) is 14.4 Å². The summed E-state index contributed by atoms with van der Waals surface area (Å²) in [6.45, 7) is 0.688. The van der Waals surface area contributed by atoms with Crippen LogP contribution in [0.15, 0.2) is 9.13 Å². The SMILES string of the molecule is OCc1c(Br)noc1C1CCCO1. The Morgan fingerprint density at radius 2 is 2.46 bits per heavy atom. The lowest BCUT2D eigenvalue weighted by Gasteiger charge is -2.05. The van der Waals surface area contributed by atoms with Crippen molar-refractivity contribution >= 4 is 15.9 Å². The molecule has 0 saturated carbocycles. The summed E-state index contributed by atoms with van der Waals surface area (Å²) in [6.07, 6.45) is 1.95. The molecule has 4 nitrogen and oxygen atoms in total. The maximum Gasteiger partial charge on any atom is 0.172 e. The monoisotopic (exact) mass is 247 g/mol. The molecule has 2 heterocycles. The first-order chi connectivity index (χ1) is 6.33. The first-order valence-corrected chi connectivity index (χ1v) is 4.98. The second kappa shape index (κ2) is 3.77. The van der Waals surface area contributed by atoms with Crippen molar-refractivity contribution in [1.82, 2.24) is 5.16 Å². The first kappa shape index (κ1) is 9.18. The fourth-order valence-electron chi connectivity index (χ4n) is 1.48. The van der Waals surface area contributed by atoms with Crippen LogP contribution in [0.1, 0.15) is 30.3 Å². The summed E-state index contributed by atoms with van der Waals surface area (Å²) in [5.41, 5.74) is 0.701. The lowest BCUT2D eigenvalue weighted by atomic mass is 10.1. The highest BCUT2D eigenvalue weighted by molar-refractivity contribution is 9.10. The Morgan fingerprint density at radius 3 is 3.08 bits per heavy atom. The Kier molecular flexibility index (Phi) is 2.66. The van der Waals surface area contributed by atoms with Crippen LogP contribution in [0.4, 0.5) is 0 Å². The molecule has 1 aromatic heterocycles. The zero-order valence-corrected chi connectivity index (χ0v) is 8.58. The number of hydrogen-bond donors (Lipinski definition) is 1. The van der Waals surface area contributed by atoms with Crippen molar-refractivity contribution in [3.63, 3.8) is 0 Å². The molecule has 13 heavy (non-hydrogen) atoms. The van der Waals surface area contributed by atoms with Crippen LogP contribution in [0.5, 0.6) is 0 Å². The zero-order chi connectivity index (χ0) is 9.26. The van der Waals surface area contributed by atoms with Gasteiger partial charge in [-0.05, 0) is 28.8 Å². The van der Waals surface area contributed by atoms with E-state index in [-0.39, 0.29) is 12.7 Å². The van der Waals surface area contributed by atoms with Gasteiger partial charge < -0.3 is 14.4 Å². The molecule has 1 aliphatic rings. The summed E-state index contributed by atoms with van der Waals surface area (Å²) >= 11 is 3.20. The third-order valence-electron chi connectivity index (χ3n) is 2.15. The average molecular weight is 248 g/mol. The summed E-state index contributed by atoms with van der Waals surface area (Å²) in [4.78, 5) is 0. The van der Waals surface area contributed by atoms with E-state index in [2.05, 4.69) is 21.1 Å². The van der Waals surface area contributed by atoms with E-state index in [0.29, 0.717) is 15.9 Å². The molecule has 0 radical (unpaired) electrons. The van der Waals surface area contributed by atoms with E-state index in [1.165, 1.54) is 0 Å². The minimum absolute atomic E-state index is 0.0269. The van der Waals surface area contributed by atoms with E-state index < -0.39 is 0 Å². The Bertz CT molecular complexity index is 294. The van der Waals surface area contributed by atoms with Crippen molar-refractivity contribution in [1.29, 1.82) is 0 Å². The molecule has 1 N–H and O–H groups in total. The average Bonchev–Trinajstić information content (AvgIpc) is 2.71. The third kappa shape index (κ3) is 1.63. The minimum atomic E-state index is -0.0702. The van der Waals surface area contributed by atoms with Crippen LogP contribution < -0.4 is 0 Å². The van der Waals surface area contributed by atoms with Crippen molar-refractivity contribution in [2.24, 2.45) is 0 Å². The normalized spacial score (nSPS) is 22.5. The number of hydrogen-bond acceptors (Lipinski definition) is 4. The molecule has 1 aromatic rings. The van der Waals surface area contributed by atoms with Gasteiger partial charge in [-0.3, -0.25) is 0 Å². The predicted octanol–water partition coefficient (Wildman–Crippen LogP) is 1.78. The smallest absolute Gasteiger partial charge is 0.172 e. The molecular weight excluding hydrogens is 238 g/mol. The van der Waals surface area contributed by atoms with Crippen LogP contribution in [-0.2, 0) is 11.3 Å². The van der Waals surface area contributed by atoms with Gasteiger partial charge >= 0.3 is 0 Å². The van der Waals surface area contributed by atoms with Gasteiger partial charge in [0.1, 0.15) is 6.10 Å². The van der Waals surface area contributed by atoms with Crippen molar-refractivity contribution in [3.8, 4) is 0 Å². The van der Waals surface area contributed by atoms with Crippen molar-refractivity contribution in [2.75, 3.05) is 6.61 Å². The number of ether oxygens (including phenoxy) is 1. The van der Waals surface area contributed by atoms with Crippen LogP contribution in [0.2, 0.25) is 0 Å². The molecule has 0 aliphatic carbocycles. The Balaban J connectivity index is 2.27. The van der Waals surface area contributed by atoms with E-state index in [9.17, 15) is 0 Å². The molecule has 1 saturated heterocycles. The largest absolute Gasteiger partial charge is 0.391 e. The molecule has 5 heteroatoms. The van der Waals surface area contributed by atoms with E-state index in [1.54, 1.807) is 0 Å². The highest BCUT2D eigenvalue weighted by Crippen LogP contribution is 2.33. The maximum absolute atomic E-state index is 9.06. The Hall–Kier alpha value is -0.390. The van der Waals surface area contributed by atoms with Gasteiger partial charge in [-0.1, -0.05) is 5.16 Å². The molecule has 0 bridgehead atoms. The predicted molar refractivity (Wildman–Crippen MR) is 48.1 cm³/mol. The lowest BCUT2D eigenvalue weighted by molar-refractivity contribution is 0.0853. The lowest BCUT2D eigenvalue weighted by Crippen LogP contribution is -1.98. The Labute approximate surface area is 84.0 Å². The highest BCUT2D eigenvalue weighted by Gasteiger charge is 2.26. The van der Waals surface area contributed by atoms with Gasteiger partial charge in [-0.15, -0.1) is 0 Å². The summed E-state index contributed by atoms with van der Waals surface area (Å²) in [7, 11) is 0. The summed E-state index contributed by atoms with van der Waals surface area (Å²) < 4.78 is 11.1. The molecule has 0 aromatic carbocycles. The van der Waals surface area contributed by atoms with Crippen molar-refractivity contribution in [2.45, 2.75) is 25.6 Å². The summed E-state index contributed by atoms with van der Waals surface area (Å²) in [5.74, 6) is 0.659. The second-order valence-corrected chi connectivity index (χ2v) is 3.73. The highest BCUT2D eigenvalue weighted by atomic mass is 79.9. The van der Waals surface area contributed by atoms with Gasteiger partial charge in [0.15, 0.2) is 10.4 Å². The number of rotatable bonds is 2. The summed E-state index contributed by atoms with van der Waals surface area (Å²) in [6, 6.07) is 0. The fraction of sp³-hybridized carbons (Fsp3) is 0.625. The summed E-state index contributed by atoms with van der Waals surface area (Å²) in [5, 5.41) is 12.8. The quantitative estimate of drug-likeness (QED) is 0.866. The topological polar surface area (TPSA) is 55.5 Å². The number of aromatic nitrogens is 1. The van der Waals surface area contributed by atoms with E-state index in [0.717, 1.165) is 19.4 Å². The number of halogens is 1. The molecular formula is C8H10BrNO3. The molecule has 1 aliphatic heterocycles. The molecule has 1 fully saturated rings. The number of nitrogens with zero attached hydrogens (tertiary/aromatic N) is 1. The van der Waals surface area contributed by atoms with Gasteiger partial charge in [-0.2, -0.15) is 0 Å². The van der Waals surface area contributed by atoms with Crippen LogP contribution >= 0.6 is 15.9 Å². The van der Waals surface area contributed by atoms with E-state index >= 15 is 0 Å². The van der Waals surface area contributed by atoms with Crippen molar-refractivity contribution < 1.29 is 14.4 Å². The Morgan fingerprint density at radius 1 is 1.62 bits per heavy atom. The molecule has 1 atom stereocenters. The van der Waals surface area contributed by atoms with Crippen molar-refractivity contribution in [3.05, 3.63) is 15.9 Å². The first-order valence-electron chi connectivity index (χ1n) is 4.19. The molecule has 0 spiro atoms. The second-order valence-electron chi connectivity index (χ2n) is 2.98. The van der Waals surface area contributed by atoms with Gasteiger partial charge in [0, 0.05) is 6.61 Å². The van der Waals surface area contributed by atoms with Gasteiger partial charge in [0.2, 0.25) is 0 Å².